The van der Waals surface area contributed by atoms with Crippen LogP contribution >= 0.6 is 0 Å². The second-order valence-corrected chi connectivity index (χ2v) is 2.46. The van der Waals surface area contributed by atoms with Crippen molar-refractivity contribution in [3.8, 4) is 6.07 Å². The van der Waals surface area contributed by atoms with Gasteiger partial charge in [0.05, 0.1) is 18.7 Å². The summed E-state index contributed by atoms with van der Waals surface area (Å²) >= 11 is 0. The Balaban J connectivity index is 3.70. The van der Waals surface area contributed by atoms with Crippen molar-refractivity contribution in [1.82, 2.24) is 5.32 Å². The normalized spacial score (nSPS) is 11.8. The van der Waals surface area contributed by atoms with Gasteiger partial charge in [0.25, 0.3) is 0 Å². The predicted octanol–water partition coefficient (Wildman–Crippen LogP) is 0.441. The molecule has 0 radical (unpaired) electrons. The molecule has 0 aliphatic rings. The summed E-state index contributed by atoms with van der Waals surface area (Å²) in [6.07, 6.45) is 0.727. The molecule has 4 heteroatoms. The first-order chi connectivity index (χ1) is 5.74. The Labute approximate surface area is 72.5 Å². The van der Waals surface area contributed by atoms with E-state index in [1.807, 2.05) is 6.92 Å². The quantitative estimate of drug-likeness (QED) is 0.651. The van der Waals surface area contributed by atoms with Gasteiger partial charge in [-0.3, -0.25) is 4.79 Å². The second kappa shape index (κ2) is 6.62. The van der Waals surface area contributed by atoms with E-state index in [1.165, 1.54) is 0 Å². The number of hydrogen-bond acceptors (Lipinski definition) is 3. The van der Waals surface area contributed by atoms with E-state index in [2.05, 4.69) is 5.32 Å². The maximum atomic E-state index is 10.9. The van der Waals surface area contributed by atoms with E-state index in [0.717, 1.165) is 6.42 Å². The number of carbonyl (C=O) groups excluding carboxylic acids is 1. The van der Waals surface area contributed by atoms with Crippen molar-refractivity contribution >= 4 is 5.91 Å². The first-order valence-electron chi connectivity index (χ1n) is 3.89. The van der Waals surface area contributed by atoms with Gasteiger partial charge in [-0.25, -0.2) is 0 Å². The van der Waals surface area contributed by atoms with Crippen LogP contribution in [0.4, 0.5) is 0 Å². The summed E-state index contributed by atoms with van der Waals surface area (Å²) in [4.78, 5) is 10.9. The summed E-state index contributed by atoms with van der Waals surface area (Å²) < 4.78 is 4.88. The largest absolute Gasteiger partial charge is 0.383 e. The first kappa shape index (κ1) is 10.9. The van der Waals surface area contributed by atoms with Crippen LogP contribution in [0.3, 0.4) is 0 Å². The number of amides is 1. The van der Waals surface area contributed by atoms with Crippen molar-refractivity contribution in [2.75, 3.05) is 13.7 Å². The van der Waals surface area contributed by atoms with Gasteiger partial charge in [0.2, 0.25) is 5.91 Å². The Morgan fingerprint density at radius 3 is 2.83 bits per heavy atom. The maximum absolute atomic E-state index is 10.9. The molecular weight excluding hydrogens is 156 g/mol. The zero-order chi connectivity index (χ0) is 9.40. The molecule has 4 nitrogen and oxygen atoms in total. The number of rotatable bonds is 5. The number of ether oxygens (including phenoxy) is 1. The third-order valence-corrected chi connectivity index (χ3v) is 1.47. The van der Waals surface area contributed by atoms with E-state index >= 15 is 0 Å². The molecule has 12 heavy (non-hydrogen) atoms. The van der Waals surface area contributed by atoms with Crippen molar-refractivity contribution in [2.45, 2.75) is 25.8 Å². The molecule has 0 aromatic heterocycles. The van der Waals surface area contributed by atoms with Crippen LogP contribution in [-0.2, 0) is 9.53 Å². The minimum Gasteiger partial charge on any atom is -0.383 e. The SMILES string of the molecule is CCC(COC)NC(=O)CC#N. The molecule has 0 saturated heterocycles. The molecule has 0 aromatic rings. The van der Waals surface area contributed by atoms with Crippen molar-refractivity contribution in [3.05, 3.63) is 0 Å². The van der Waals surface area contributed by atoms with E-state index in [9.17, 15) is 4.79 Å². The molecule has 0 aliphatic carbocycles. The van der Waals surface area contributed by atoms with Crippen LogP contribution < -0.4 is 5.32 Å². The summed E-state index contributed by atoms with van der Waals surface area (Å²) in [5, 5.41) is 10.9. The summed E-state index contributed by atoms with van der Waals surface area (Å²) in [6, 6.07) is 1.81. The molecule has 0 heterocycles. The Bertz CT molecular complexity index is 174. The van der Waals surface area contributed by atoms with Crippen LogP contribution in [0.2, 0.25) is 0 Å². The van der Waals surface area contributed by atoms with E-state index in [0.29, 0.717) is 6.61 Å². The number of hydrogen-bond donors (Lipinski definition) is 1. The minimum absolute atomic E-state index is 0.0239. The number of carbonyl (C=O) groups is 1. The van der Waals surface area contributed by atoms with Crippen LogP contribution in [0.5, 0.6) is 0 Å². The minimum atomic E-state index is -0.235. The molecule has 1 unspecified atom stereocenters. The highest BCUT2D eigenvalue weighted by Gasteiger charge is 2.08. The van der Waals surface area contributed by atoms with E-state index in [1.54, 1.807) is 13.2 Å². The zero-order valence-electron chi connectivity index (χ0n) is 7.46. The lowest BCUT2D eigenvalue weighted by atomic mass is 10.2. The smallest absolute Gasteiger partial charge is 0.234 e. The molecule has 0 spiro atoms. The first-order valence-corrected chi connectivity index (χ1v) is 3.89. The Kier molecular flexibility index (Phi) is 6.02. The molecule has 0 rings (SSSR count). The fourth-order valence-corrected chi connectivity index (χ4v) is 0.813. The third-order valence-electron chi connectivity index (χ3n) is 1.47. The van der Waals surface area contributed by atoms with Crippen LogP contribution in [0, 0.1) is 11.3 Å². The van der Waals surface area contributed by atoms with Crippen LogP contribution in [0.25, 0.3) is 0 Å². The topological polar surface area (TPSA) is 62.1 Å². The van der Waals surface area contributed by atoms with Crippen LogP contribution in [0.15, 0.2) is 0 Å². The molecule has 1 N–H and O–H groups in total. The van der Waals surface area contributed by atoms with Gasteiger partial charge in [-0.15, -0.1) is 0 Å². The van der Waals surface area contributed by atoms with Gasteiger partial charge >= 0.3 is 0 Å². The third kappa shape index (κ3) is 4.69. The van der Waals surface area contributed by atoms with Gasteiger partial charge in [-0.1, -0.05) is 6.92 Å². The Hall–Kier alpha value is -1.08. The molecule has 0 bridgehead atoms. The predicted molar refractivity (Wildman–Crippen MR) is 44.3 cm³/mol. The zero-order valence-corrected chi connectivity index (χ0v) is 7.46. The van der Waals surface area contributed by atoms with Crippen LogP contribution in [-0.4, -0.2) is 25.7 Å². The number of methoxy groups -OCH3 is 1. The lowest BCUT2D eigenvalue weighted by molar-refractivity contribution is -0.121. The lowest BCUT2D eigenvalue weighted by Gasteiger charge is -2.14. The van der Waals surface area contributed by atoms with E-state index in [-0.39, 0.29) is 18.4 Å². The molecule has 1 atom stereocenters. The Morgan fingerprint density at radius 2 is 2.42 bits per heavy atom. The summed E-state index contributed by atoms with van der Waals surface area (Å²) in [7, 11) is 1.58. The fraction of sp³-hybridized carbons (Fsp3) is 0.750. The Morgan fingerprint density at radius 1 is 1.75 bits per heavy atom. The average molecular weight is 170 g/mol. The fourth-order valence-electron chi connectivity index (χ4n) is 0.813. The number of nitrogens with one attached hydrogen (secondary N) is 1. The van der Waals surface area contributed by atoms with Gasteiger partial charge in [0, 0.05) is 7.11 Å². The lowest BCUT2D eigenvalue weighted by Crippen LogP contribution is -2.37. The molecule has 0 fully saturated rings. The van der Waals surface area contributed by atoms with E-state index < -0.39 is 0 Å². The summed E-state index contributed by atoms with van der Waals surface area (Å²) in [5.41, 5.74) is 0. The molecule has 0 aromatic carbocycles. The molecular formula is C8H14N2O2. The highest BCUT2D eigenvalue weighted by molar-refractivity contribution is 5.78. The van der Waals surface area contributed by atoms with Gasteiger partial charge in [-0.2, -0.15) is 5.26 Å². The van der Waals surface area contributed by atoms with Crippen molar-refractivity contribution in [1.29, 1.82) is 5.26 Å². The molecule has 0 saturated carbocycles. The van der Waals surface area contributed by atoms with Crippen molar-refractivity contribution in [3.63, 3.8) is 0 Å². The van der Waals surface area contributed by atoms with Gasteiger partial charge in [-0.05, 0) is 6.42 Å². The number of nitrogens with zero attached hydrogens (tertiary/aromatic N) is 1. The monoisotopic (exact) mass is 170 g/mol. The van der Waals surface area contributed by atoms with Gasteiger partial charge < -0.3 is 10.1 Å². The molecule has 68 valence electrons. The van der Waals surface area contributed by atoms with Crippen molar-refractivity contribution in [2.24, 2.45) is 0 Å². The molecule has 1 amide bonds. The average Bonchev–Trinajstić information content (AvgIpc) is 2.04. The highest BCUT2D eigenvalue weighted by Crippen LogP contribution is 1.91. The maximum Gasteiger partial charge on any atom is 0.234 e. The second-order valence-electron chi connectivity index (χ2n) is 2.46. The van der Waals surface area contributed by atoms with Crippen LogP contribution in [0.1, 0.15) is 19.8 Å². The summed E-state index contributed by atoms with van der Waals surface area (Å²) in [5.74, 6) is -0.235. The van der Waals surface area contributed by atoms with E-state index in [4.69, 9.17) is 10.00 Å². The number of nitriles is 1. The van der Waals surface area contributed by atoms with Gasteiger partial charge in [0.15, 0.2) is 0 Å². The van der Waals surface area contributed by atoms with Gasteiger partial charge in [0.1, 0.15) is 6.42 Å². The highest BCUT2D eigenvalue weighted by atomic mass is 16.5. The standard InChI is InChI=1S/C8H14N2O2/c1-3-7(6-12-2)10-8(11)4-5-9/h7H,3-4,6H2,1-2H3,(H,10,11). The molecule has 0 aliphatic heterocycles. The summed E-state index contributed by atoms with van der Waals surface area (Å²) in [6.45, 7) is 2.45. The van der Waals surface area contributed by atoms with Crippen molar-refractivity contribution < 1.29 is 9.53 Å².